The van der Waals surface area contributed by atoms with Crippen LogP contribution in [0.4, 0.5) is 5.82 Å². The van der Waals surface area contributed by atoms with Crippen LogP contribution in [-0.4, -0.2) is 51.6 Å². The molecule has 1 saturated heterocycles. The van der Waals surface area contributed by atoms with E-state index in [0.717, 1.165) is 47.5 Å². The normalized spacial score (nSPS) is 16.4. The summed E-state index contributed by atoms with van der Waals surface area (Å²) in [5.74, 6) is 1.61. The molecule has 182 valence electrons. The molecule has 35 heavy (non-hydrogen) atoms. The van der Waals surface area contributed by atoms with Crippen molar-refractivity contribution >= 4 is 27.4 Å². The predicted octanol–water partition coefficient (Wildman–Crippen LogP) is 4.19. The van der Waals surface area contributed by atoms with Gasteiger partial charge in [0.05, 0.1) is 12.0 Å². The van der Waals surface area contributed by atoms with Crippen LogP contribution in [0.1, 0.15) is 25.3 Å². The van der Waals surface area contributed by atoms with Gasteiger partial charge >= 0.3 is 0 Å². The van der Waals surface area contributed by atoms with Crippen LogP contribution in [0.3, 0.4) is 0 Å². The van der Waals surface area contributed by atoms with Crippen molar-refractivity contribution in [2.45, 2.75) is 44.7 Å². The molecule has 2 atom stereocenters. The number of hydrogen-bond acceptors (Lipinski definition) is 8. The van der Waals surface area contributed by atoms with Gasteiger partial charge in [-0.3, -0.25) is 5.32 Å². The van der Waals surface area contributed by atoms with Gasteiger partial charge in [0.1, 0.15) is 28.8 Å². The molecular weight excluding hydrogens is 460 g/mol. The Morgan fingerprint density at radius 3 is 2.66 bits per heavy atom. The quantitative estimate of drug-likeness (QED) is 0.319. The highest BCUT2D eigenvalue weighted by Crippen LogP contribution is 2.38. The van der Waals surface area contributed by atoms with E-state index in [1.165, 1.54) is 11.1 Å². The molecule has 7 nitrogen and oxygen atoms in total. The molecular formula is C27H30N4O3S. The summed E-state index contributed by atoms with van der Waals surface area (Å²) in [6.45, 7) is 3.37. The average molecular weight is 491 g/mol. The molecule has 5 rings (SSSR count). The van der Waals surface area contributed by atoms with E-state index in [9.17, 15) is 10.2 Å². The van der Waals surface area contributed by atoms with Gasteiger partial charge in [0.25, 0.3) is 0 Å². The van der Waals surface area contributed by atoms with Gasteiger partial charge in [-0.05, 0) is 43.0 Å². The number of aliphatic hydroxyl groups is 2. The highest BCUT2D eigenvalue weighted by molar-refractivity contribution is 7.17. The van der Waals surface area contributed by atoms with Crippen molar-refractivity contribution in [2.24, 2.45) is 0 Å². The molecule has 1 aliphatic rings. The van der Waals surface area contributed by atoms with Crippen LogP contribution in [0, 0.1) is 0 Å². The molecule has 4 aromatic rings. The van der Waals surface area contributed by atoms with Gasteiger partial charge in [0.15, 0.2) is 6.23 Å². The van der Waals surface area contributed by atoms with Crippen LogP contribution in [0.2, 0.25) is 0 Å². The molecule has 0 spiro atoms. The lowest BCUT2D eigenvalue weighted by Crippen LogP contribution is -2.52. The second kappa shape index (κ2) is 10.7. The molecule has 2 unspecified atom stereocenters. The van der Waals surface area contributed by atoms with E-state index in [4.69, 9.17) is 9.72 Å². The van der Waals surface area contributed by atoms with Crippen LogP contribution < -0.4 is 15.0 Å². The third-order valence-corrected chi connectivity index (χ3v) is 7.30. The molecule has 2 aromatic carbocycles. The molecule has 0 saturated carbocycles. The SMILES string of the molecule is CC(O)C(NC1CCN(c2ncnc3scc(-c4ccccc4)c23)CC1)Oc1cccc(CO)c1. The third kappa shape index (κ3) is 5.31. The molecule has 8 heteroatoms. The van der Waals surface area contributed by atoms with Gasteiger partial charge in [-0.2, -0.15) is 0 Å². The first kappa shape index (κ1) is 23.7. The van der Waals surface area contributed by atoms with Crippen LogP contribution in [0.25, 0.3) is 21.3 Å². The lowest BCUT2D eigenvalue weighted by atomic mass is 10.0. The highest BCUT2D eigenvalue weighted by atomic mass is 32.1. The Morgan fingerprint density at radius 2 is 1.91 bits per heavy atom. The number of rotatable bonds is 8. The summed E-state index contributed by atoms with van der Waals surface area (Å²) >= 11 is 1.65. The molecule has 1 fully saturated rings. The van der Waals surface area contributed by atoms with E-state index in [0.29, 0.717) is 5.75 Å². The molecule has 0 radical (unpaired) electrons. The second-order valence-corrected chi connectivity index (χ2v) is 9.76. The van der Waals surface area contributed by atoms with Crippen molar-refractivity contribution in [2.75, 3.05) is 18.0 Å². The minimum Gasteiger partial charge on any atom is -0.473 e. The summed E-state index contributed by atoms with van der Waals surface area (Å²) < 4.78 is 6.04. The maximum absolute atomic E-state index is 10.3. The molecule has 0 bridgehead atoms. The number of nitrogens with one attached hydrogen (secondary N) is 1. The molecule has 3 heterocycles. The van der Waals surface area contributed by atoms with Gasteiger partial charge in [-0.15, -0.1) is 11.3 Å². The van der Waals surface area contributed by atoms with Gasteiger partial charge in [0, 0.05) is 30.1 Å². The number of anilines is 1. The van der Waals surface area contributed by atoms with Crippen molar-refractivity contribution in [3.8, 4) is 16.9 Å². The molecule has 3 N–H and O–H groups in total. The monoisotopic (exact) mass is 490 g/mol. The number of nitrogens with zero attached hydrogens (tertiary/aromatic N) is 3. The molecule has 0 aliphatic carbocycles. The fourth-order valence-electron chi connectivity index (χ4n) is 4.56. The maximum Gasteiger partial charge on any atom is 0.176 e. The van der Waals surface area contributed by atoms with Gasteiger partial charge < -0.3 is 19.8 Å². The zero-order valence-corrected chi connectivity index (χ0v) is 20.5. The number of piperidine rings is 1. The van der Waals surface area contributed by atoms with E-state index < -0.39 is 12.3 Å². The molecule has 1 aliphatic heterocycles. The number of thiophene rings is 1. The van der Waals surface area contributed by atoms with Crippen LogP contribution in [-0.2, 0) is 6.61 Å². The van der Waals surface area contributed by atoms with Crippen LogP contribution in [0.5, 0.6) is 5.75 Å². The van der Waals surface area contributed by atoms with Crippen molar-refractivity contribution in [1.82, 2.24) is 15.3 Å². The number of ether oxygens (including phenoxy) is 1. The largest absolute Gasteiger partial charge is 0.473 e. The molecule has 0 amide bonds. The summed E-state index contributed by atoms with van der Waals surface area (Å²) in [7, 11) is 0. The van der Waals surface area contributed by atoms with E-state index in [1.807, 2.05) is 24.3 Å². The summed E-state index contributed by atoms with van der Waals surface area (Å²) in [4.78, 5) is 12.5. The number of hydrogen-bond donors (Lipinski definition) is 3. The van der Waals surface area contributed by atoms with Crippen molar-refractivity contribution in [3.63, 3.8) is 0 Å². The minimum atomic E-state index is -0.688. The van der Waals surface area contributed by atoms with E-state index in [-0.39, 0.29) is 12.6 Å². The summed E-state index contributed by atoms with van der Waals surface area (Å²) in [5, 5.41) is 26.5. The average Bonchev–Trinajstić information content (AvgIpc) is 3.34. The Bertz CT molecular complexity index is 1260. The van der Waals surface area contributed by atoms with Crippen molar-refractivity contribution in [3.05, 3.63) is 71.9 Å². The number of benzene rings is 2. The topological polar surface area (TPSA) is 90.7 Å². The van der Waals surface area contributed by atoms with Gasteiger partial charge in [-0.1, -0.05) is 42.5 Å². The van der Waals surface area contributed by atoms with Gasteiger partial charge in [-0.25, -0.2) is 9.97 Å². The first-order valence-electron chi connectivity index (χ1n) is 12.0. The van der Waals surface area contributed by atoms with E-state index >= 15 is 0 Å². The summed E-state index contributed by atoms with van der Waals surface area (Å²) in [5.41, 5.74) is 3.13. The lowest BCUT2D eigenvalue weighted by Gasteiger charge is -2.36. The van der Waals surface area contributed by atoms with Crippen LogP contribution in [0.15, 0.2) is 66.3 Å². The first-order chi connectivity index (χ1) is 17.1. The van der Waals surface area contributed by atoms with Crippen molar-refractivity contribution < 1.29 is 14.9 Å². The first-order valence-corrected chi connectivity index (χ1v) is 12.8. The smallest absolute Gasteiger partial charge is 0.176 e. The minimum absolute atomic E-state index is 0.0468. The Kier molecular flexibility index (Phi) is 7.24. The number of aliphatic hydroxyl groups excluding tert-OH is 2. The number of fused-ring (bicyclic) bond motifs is 1. The van der Waals surface area contributed by atoms with Crippen molar-refractivity contribution in [1.29, 1.82) is 0 Å². The summed E-state index contributed by atoms with van der Waals surface area (Å²) in [6.07, 6.45) is 2.24. The lowest BCUT2D eigenvalue weighted by molar-refractivity contribution is 0.0170. The van der Waals surface area contributed by atoms with E-state index in [2.05, 4.69) is 44.8 Å². The Labute approximate surface area is 209 Å². The summed E-state index contributed by atoms with van der Waals surface area (Å²) in [6, 6.07) is 17.9. The zero-order valence-electron chi connectivity index (χ0n) is 19.7. The molecule has 2 aromatic heterocycles. The third-order valence-electron chi connectivity index (χ3n) is 6.41. The number of aromatic nitrogens is 2. The standard InChI is InChI=1S/C27H30N4O3S/c1-18(33)26(34-22-9-5-6-19(14-22)15-32)30-21-10-12-31(13-11-21)25-24-23(20-7-3-2-4-8-20)16-35-27(24)29-17-28-25/h2-9,14,16-18,21,26,30,32-33H,10-13,15H2,1H3. The fourth-order valence-corrected chi connectivity index (χ4v) is 5.47. The predicted molar refractivity (Wildman–Crippen MR) is 140 cm³/mol. The fraction of sp³-hybridized carbons (Fsp3) is 0.333. The zero-order chi connectivity index (χ0) is 24.2. The Hall–Kier alpha value is -3.04. The Balaban J connectivity index is 1.28. The van der Waals surface area contributed by atoms with Crippen LogP contribution >= 0.6 is 11.3 Å². The van der Waals surface area contributed by atoms with E-state index in [1.54, 1.807) is 30.7 Å². The van der Waals surface area contributed by atoms with Gasteiger partial charge in [0.2, 0.25) is 0 Å². The Morgan fingerprint density at radius 1 is 1.11 bits per heavy atom. The highest BCUT2D eigenvalue weighted by Gasteiger charge is 2.27. The maximum atomic E-state index is 10.3. The second-order valence-electron chi connectivity index (χ2n) is 8.91.